The summed E-state index contributed by atoms with van der Waals surface area (Å²) in [7, 11) is 0. The number of benzene rings is 1. The molecule has 4 nitrogen and oxygen atoms in total. The van der Waals surface area contributed by atoms with Crippen LogP contribution in [0.5, 0.6) is 0 Å². The van der Waals surface area contributed by atoms with Crippen molar-refractivity contribution in [3.05, 3.63) is 46.3 Å². The van der Waals surface area contributed by atoms with E-state index < -0.39 is 0 Å². The number of amides is 1. The van der Waals surface area contributed by atoms with Gasteiger partial charge in [0.25, 0.3) is 5.91 Å². The van der Waals surface area contributed by atoms with Crippen molar-refractivity contribution < 1.29 is 9.21 Å². The summed E-state index contributed by atoms with van der Waals surface area (Å²) in [5.41, 5.74) is 7.47. The zero-order valence-corrected chi connectivity index (χ0v) is 11.5. The van der Waals surface area contributed by atoms with Crippen molar-refractivity contribution in [1.82, 2.24) is 0 Å². The standard InChI is InChI=1S/C13H13BrN2O2/c1-2-12-9(5-6-18-12)13(17)16-11-7-8(15)3-4-10(11)14/h3-7H,2,15H2,1H3,(H,16,17). The number of nitrogens with two attached hydrogens (primary N) is 1. The highest BCUT2D eigenvalue weighted by Gasteiger charge is 2.14. The van der Waals surface area contributed by atoms with E-state index in [9.17, 15) is 4.79 Å². The van der Waals surface area contributed by atoms with Crippen molar-refractivity contribution in [3.8, 4) is 0 Å². The van der Waals surface area contributed by atoms with Gasteiger partial charge in [-0.1, -0.05) is 6.92 Å². The van der Waals surface area contributed by atoms with Gasteiger partial charge in [-0.25, -0.2) is 0 Å². The van der Waals surface area contributed by atoms with E-state index in [1.807, 2.05) is 6.92 Å². The molecular weight excluding hydrogens is 296 g/mol. The molecule has 94 valence electrons. The quantitative estimate of drug-likeness (QED) is 0.853. The second kappa shape index (κ2) is 5.27. The summed E-state index contributed by atoms with van der Waals surface area (Å²) in [5.74, 6) is 0.472. The van der Waals surface area contributed by atoms with Gasteiger partial charge in [0, 0.05) is 16.6 Å². The zero-order chi connectivity index (χ0) is 13.1. The summed E-state index contributed by atoms with van der Waals surface area (Å²) in [6, 6.07) is 6.91. The largest absolute Gasteiger partial charge is 0.469 e. The Bertz CT molecular complexity index is 578. The average molecular weight is 309 g/mol. The van der Waals surface area contributed by atoms with Gasteiger partial charge in [-0.2, -0.15) is 0 Å². The zero-order valence-electron chi connectivity index (χ0n) is 9.87. The lowest BCUT2D eigenvalue weighted by molar-refractivity contribution is 0.102. The molecule has 0 atom stereocenters. The summed E-state index contributed by atoms with van der Waals surface area (Å²) in [5, 5.41) is 2.80. The monoisotopic (exact) mass is 308 g/mol. The normalized spacial score (nSPS) is 10.3. The number of hydrogen-bond donors (Lipinski definition) is 2. The van der Waals surface area contributed by atoms with Crippen molar-refractivity contribution in [2.75, 3.05) is 11.1 Å². The van der Waals surface area contributed by atoms with E-state index in [0.29, 0.717) is 29.1 Å². The third-order valence-electron chi connectivity index (χ3n) is 2.55. The number of nitrogens with one attached hydrogen (secondary N) is 1. The maximum absolute atomic E-state index is 12.1. The van der Waals surface area contributed by atoms with Gasteiger partial charge in [0.05, 0.1) is 17.5 Å². The molecule has 2 aromatic rings. The van der Waals surface area contributed by atoms with Crippen LogP contribution in [0.25, 0.3) is 0 Å². The maximum Gasteiger partial charge on any atom is 0.259 e. The van der Waals surface area contributed by atoms with Crippen LogP contribution in [-0.4, -0.2) is 5.91 Å². The van der Waals surface area contributed by atoms with Gasteiger partial charge in [-0.3, -0.25) is 4.79 Å². The predicted octanol–water partition coefficient (Wildman–Crippen LogP) is 3.44. The van der Waals surface area contributed by atoms with Gasteiger partial charge in [0.15, 0.2) is 0 Å². The van der Waals surface area contributed by atoms with Crippen LogP contribution in [0.1, 0.15) is 23.0 Å². The number of halogens is 1. The van der Waals surface area contributed by atoms with Crippen molar-refractivity contribution in [2.24, 2.45) is 0 Å². The lowest BCUT2D eigenvalue weighted by Crippen LogP contribution is -2.13. The minimum absolute atomic E-state index is 0.202. The molecule has 5 heteroatoms. The van der Waals surface area contributed by atoms with E-state index in [0.717, 1.165) is 4.47 Å². The molecule has 1 aromatic heterocycles. The number of aryl methyl sites for hydroxylation is 1. The van der Waals surface area contributed by atoms with E-state index in [2.05, 4.69) is 21.2 Å². The molecule has 0 fully saturated rings. The first kappa shape index (κ1) is 12.7. The Kier molecular flexibility index (Phi) is 3.72. The Labute approximate surface area is 113 Å². The van der Waals surface area contributed by atoms with Crippen molar-refractivity contribution in [2.45, 2.75) is 13.3 Å². The Hall–Kier alpha value is -1.75. The third-order valence-corrected chi connectivity index (χ3v) is 3.24. The Balaban J connectivity index is 2.24. The number of carbonyl (C=O) groups excluding carboxylic acids is 1. The molecule has 0 bridgehead atoms. The lowest BCUT2D eigenvalue weighted by atomic mass is 10.2. The Morgan fingerprint density at radius 1 is 1.44 bits per heavy atom. The van der Waals surface area contributed by atoms with Crippen LogP contribution in [0.4, 0.5) is 11.4 Å². The molecule has 0 saturated carbocycles. The van der Waals surface area contributed by atoms with Crippen LogP contribution in [0.15, 0.2) is 39.4 Å². The van der Waals surface area contributed by atoms with Gasteiger partial charge >= 0.3 is 0 Å². The fourth-order valence-electron chi connectivity index (χ4n) is 1.65. The fraction of sp³-hybridized carbons (Fsp3) is 0.154. The molecule has 18 heavy (non-hydrogen) atoms. The molecule has 3 N–H and O–H groups in total. The second-order valence-corrected chi connectivity index (χ2v) is 4.66. The number of carbonyl (C=O) groups is 1. The first-order valence-electron chi connectivity index (χ1n) is 5.54. The highest BCUT2D eigenvalue weighted by Crippen LogP contribution is 2.25. The molecule has 1 heterocycles. The number of furan rings is 1. The number of hydrogen-bond acceptors (Lipinski definition) is 3. The molecule has 0 aliphatic rings. The molecule has 0 unspecified atom stereocenters. The van der Waals surface area contributed by atoms with Gasteiger partial charge in [-0.05, 0) is 40.2 Å². The minimum atomic E-state index is -0.202. The molecule has 1 amide bonds. The first-order chi connectivity index (χ1) is 8.61. The van der Waals surface area contributed by atoms with Crippen molar-refractivity contribution >= 4 is 33.2 Å². The van der Waals surface area contributed by atoms with Crippen molar-refractivity contribution in [1.29, 1.82) is 0 Å². The molecule has 0 radical (unpaired) electrons. The average Bonchev–Trinajstić information content (AvgIpc) is 2.82. The number of nitrogen functional groups attached to an aromatic ring is 1. The van der Waals surface area contributed by atoms with Gasteiger partial charge < -0.3 is 15.5 Å². The van der Waals surface area contributed by atoms with Crippen LogP contribution >= 0.6 is 15.9 Å². The molecular formula is C13H13BrN2O2. The minimum Gasteiger partial charge on any atom is -0.469 e. The third kappa shape index (κ3) is 2.56. The molecule has 2 rings (SSSR count). The fourth-order valence-corrected chi connectivity index (χ4v) is 1.99. The van der Waals surface area contributed by atoms with Crippen LogP contribution in [0.3, 0.4) is 0 Å². The van der Waals surface area contributed by atoms with Gasteiger partial charge in [-0.15, -0.1) is 0 Å². The Morgan fingerprint density at radius 2 is 2.22 bits per heavy atom. The van der Waals surface area contributed by atoms with Crippen LogP contribution < -0.4 is 11.1 Å². The van der Waals surface area contributed by atoms with E-state index >= 15 is 0 Å². The highest BCUT2D eigenvalue weighted by molar-refractivity contribution is 9.10. The number of rotatable bonds is 3. The maximum atomic E-state index is 12.1. The van der Waals surface area contributed by atoms with Crippen molar-refractivity contribution in [3.63, 3.8) is 0 Å². The SMILES string of the molecule is CCc1occc1C(=O)Nc1cc(N)ccc1Br. The van der Waals surface area contributed by atoms with E-state index in [1.165, 1.54) is 6.26 Å². The van der Waals surface area contributed by atoms with E-state index in [1.54, 1.807) is 24.3 Å². The molecule has 0 spiro atoms. The summed E-state index contributed by atoms with van der Waals surface area (Å²) in [4.78, 5) is 12.1. The predicted molar refractivity (Wildman–Crippen MR) is 74.6 cm³/mol. The smallest absolute Gasteiger partial charge is 0.259 e. The van der Waals surface area contributed by atoms with Crippen LogP contribution in [-0.2, 0) is 6.42 Å². The topological polar surface area (TPSA) is 68.3 Å². The molecule has 0 aliphatic carbocycles. The van der Waals surface area contributed by atoms with E-state index in [-0.39, 0.29) is 5.91 Å². The summed E-state index contributed by atoms with van der Waals surface area (Å²) in [6.45, 7) is 1.94. The first-order valence-corrected chi connectivity index (χ1v) is 6.34. The summed E-state index contributed by atoms with van der Waals surface area (Å²) in [6.07, 6.45) is 2.19. The van der Waals surface area contributed by atoms with Gasteiger partial charge in [0.1, 0.15) is 5.76 Å². The Morgan fingerprint density at radius 3 is 2.94 bits per heavy atom. The summed E-state index contributed by atoms with van der Waals surface area (Å²) < 4.78 is 6.01. The molecule has 1 aromatic carbocycles. The van der Waals surface area contributed by atoms with E-state index in [4.69, 9.17) is 10.2 Å². The molecule has 0 aliphatic heterocycles. The van der Waals surface area contributed by atoms with Crippen LogP contribution in [0.2, 0.25) is 0 Å². The molecule has 0 saturated heterocycles. The lowest BCUT2D eigenvalue weighted by Gasteiger charge is -2.08. The number of anilines is 2. The highest BCUT2D eigenvalue weighted by atomic mass is 79.9. The second-order valence-electron chi connectivity index (χ2n) is 3.80. The van der Waals surface area contributed by atoms with Gasteiger partial charge in [0.2, 0.25) is 0 Å². The summed E-state index contributed by atoms with van der Waals surface area (Å²) >= 11 is 3.36. The van der Waals surface area contributed by atoms with Crippen LogP contribution in [0, 0.1) is 0 Å².